The number of methoxy groups -OCH3 is 1. The molecule has 3 N–H and O–H groups in total. The summed E-state index contributed by atoms with van der Waals surface area (Å²) in [5, 5.41) is 3.07. The highest BCUT2D eigenvalue weighted by molar-refractivity contribution is 5.81. The van der Waals surface area contributed by atoms with E-state index in [1.54, 1.807) is 7.11 Å². The quantitative estimate of drug-likeness (QED) is 0.772. The molecule has 4 heteroatoms. The van der Waals surface area contributed by atoms with Gasteiger partial charge in [-0.05, 0) is 31.1 Å². The Balaban J connectivity index is 1.77. The van der Waals surface area contributed by atoms with Gasteiger partial charge in [-0.2, -0.15) is 0 Å². The van der Waals surface area contributed by atoms with Crippen molar-refractivity contribution in [3.8, 4) is 0 Å². The van der Waals surface area contributed by atoms with Crippen LogP contribution in [0, 0.1) is 11.8 Å². The molecule has 0 aromatic rings. The van der Waals surface area contributed by atoms with Crippen molar-refractivity contribution in [2.45, 2.75) is 50.6 Å². The maximum atomic E-state index is 11.8. The maximum Gasteiger partial charge on any atom is 0.239 e. The predicted molar refractivity (Wildman–Crippen MR) is 66.5 cm³/mol. The fraction of sp³-hybridized carbons (Fsp3) is 0.923. The van der Waals surface area contributed by atoms with Crippen LogP contribution in [-0.4, -0.2) is 31.7 Å². The Labute approximate surface area is 103 Å². The third-order valence-electron chi connectivity index (χ3n) is 4.32. The Morgan fingerprint density at radius 2 is 2.12 bits per heavy atom. The molecular weight excluding hydrogens is 216 g/mol. The molecule has 0 aromatic carbocycles. The second-order valence-electron chi connectivity index (χ2n) is 5.53. The molecule has 0 radical (unpaired) electrons. The first kappa shape index (κ1) is 12.8. The van der Waals surface area contributed by atoms with Gasteiger partial charge < -0.3 is 15.8 Å². The molecule has 0 saturated heterocycles. The highest BCUT2D eigenvalue weighted by atomic mass is 16.5. The Morgan fingerprint density at radius 1 is 1.35 bits per heavy atom. The van der Waals surface area contributed by atoms with E-state index in [2.05, 4.69) is 5.32 Å². The zero-order chi connectivity index (χ0) is 12.3. The number of amides is 1. The number of hydrogen-bond acceptors (Lipinski definition) is 3. The number of rotatable bonds is 4. The number of ether oxygens (including phenoxy) is 1. The van der Waals surface area contributed by atoms with E-state index in [1.807, 2.05) is 0 Å². The summed E-state index contributed by atoms with van der Waals surface area (Å²) in [4.78, 5) is 11.8. The summed E-state index contributed by atoms with van der Waals surface area (Å²) < 4.78 is 4.90. The van der Waals surface area contributed by atoms with Crippen LogP contribution in [0.2, 0.25) is 0 Å². The number of carbonyl (C=O) groups excluding carboxylic acids is 1. The molecule has 4 unspecified atom stereocenters. The van der Waals surface area contributed by atoms with E-state index in [1.165, 1.54) is 25.7 Å². The molecule has 98 valence electrons. The van der Waals surface area contributed by atoms with Crippen molar-refractivity contribution < 1.29 is 9.53 Å². The topological polar surface area (TPSA) is 64.3 Å². The second-order valence-corrected chi connectivity index (χ2v) is 5.53. The molecule has 2 aliphatic carbocycles. The number of carbonyl (C=O) groups is 1. The Bertz CT molecular complexity index is 270. The lowest BCUT2D eigenvalue weighted by Gasteiger charge is -2.32. The Kier molecular flexibility index (Phi) is 4.40. The minimum atomic E-state index is -0.527. The van der Waals surface area contributed by atoms with Crippen LogP contribution in [0.3, 0.4) is 0 Å². The Hall–Kier alpha value is -0.610. The smallest absolute Gasteiger partial charge is 0.239 e. The summed E-state index contributed by atoms with van der Waals surface area (Å²) in [6.07, 6.45) is 7.66. The summed E-state index contributed by atoms with van der Waals surface area (Å²) in [7, 11) is 1.57. The molecule has 2 aliphatic rings. The molecule has 2 saturated carbocycles. The predicted octanol–water partition coefficient (Wildman–Crippen LogP) is 1.05. The van der Waals surface area contributed by atoms with Crippen LogP contribution in [-0.2, 0) is 9.53 Å². The number of nitrogens with two attached hydrogens (primary N) is 1. The van der Waals surface area contributed by atoms with Gasteiger partial charge in [0.2, 0.25) is 5.91 Å². The molecule has 0 aliphatic heterocycles. The first-order chi connectivity index (χ1) is 8.20. The monoisotopic (exact) mass is 240 g/mol. The van der Waals surface area contributed by atoms with E-state index < -0.39 is 6.04 Å². The average Bonchev–Trinajstić information content (AvgIpc) is 2.76. The molecule has 0 spiro atoms. The van der Waals surface area contributed by atoms with Gasteiger partial charge in [0.1, 0.15) is 6.04 Å². The highest BCUT2D eigenvalue weighted by Crippen LogP contribution is 2.41. The van der Waals surface area contributed by atoms with Gasteiger partial charge in [-0.3, -0.25) is 4.79 Å². The minimum Gasteiger partial charge on any atom is -0.383 e. The van der Waals surface area contributed by atoms with Crippen molar-refractivity contribution >= 4 is 5.91 Å². The first-order valence-corrected chi connectivity index (χ1v) is 6.75. The summed E-state index contributed by atoms with van der Waals surface area (Å²) in [6.45, 7) is 0.296. The third kappa shape index (κ3) is 3.19. The summed E-state index contributed by atoms with van der Waals surface area (Å²) in [5.41, 5.74) is 5.71. The van der Waals surface area contributed by atoms with Gasteiger partial charge in [0, 0.05) is 13.2 Å². The number of fused-ring (bicyclic) bond motifs is 1. The van der Waals surface area contributed by atoms with Crippen molar-refractivity contribution in [1.29, 1.82) is 0 Å². The van der Waals surface area contributed by atoms with Crippen molar-refractivity contribution in [3.63, 3.8) is 0 Å². The normalized spacial score (nSPS) is 34.1. The summed E-state index contributed by atoms with van der Waals surface area (Å²) in [6, 6.07) is -0.189. The van der Waals surface area contributed by atoms with Gasteiger partial charge in [0.25, 0.3) is 0 Å². The molecule has 0 aromatic heterocycles. The van der Waals surface area contributed by atoms with Crippen LogP contribution in [0.5, 0.6) is 0 Å². The average molecular weight is 240 g/mol. The molecule has 2 rings (SSSR count). The van der Waals surface area contributed by atoms with Gasteiger partial charge in [-0.15, -0.1) is 0 Å². The van der Waals surface area contributed by atoms with Gasteiger partial charge in [0.05, 0.1) is 6.61 Å². The molecule has 0 bridgehead atoms. The molecule has 0 heterocycles. The lowest BCUT2D eigenvalue weighted by molar-refractivity contribution is -0.124. The lowest BCUT2D eigenvalue weighted by atomic mass is 9.79. The van der Waals surface area contributed by atoms with E-state index in [0.717, 1.165) is 24.7 Å². The van der Waals surface area contributed by atoms with E-state index in [4.69, 9.17) is 10.5 Å². The van der Waals surface area contributed by atoms with Crippen LogP contribution >= 0.6 is 0 Å². The van der Waals surface area contributed by atoms with Crippen molar-refractivity contribution in [3.05, 3.63) is 0 Å². The molecule has 1 amide bonds. The molecule has 4 atom stereocenters. The van der Waals surface area contributed by atoms with Crippen LogP contribution in [0.15, 0.2) is 0 Å². The van der Waals surface area contributed by atoms with Gasteiger partial charge in [-0.25, -0.2) is 0 Å². The van der Waals surface area contributed by atoms with E-state index in [-0.39, 0.29) is 5.91 Å². The first-order valence-electron chi connectivity index (χ1n) is 6.75. The third-order valence-corrected chi connectivity index (χ3v) is 4.32. The van der Waals surface area contributed by atoms with Gasteiger partial charge >= 0.3 is 0 Å². The van der Waals surface area contributed by atoms with E-state index in [0.29, 0.717) is 12.6 Å². The minimum absolute atomic E-state index is 0.0618. The van der Waals surface area contributed by atoms with E-state index >= 15 is 0 Å². The van der Waals surface area contributed by atoms with Gasteiger partial charge in [0.15, 0.2) is 0 Å². The van der Waals surface area contributed by atoms with Crippen molar-refractivity contribution in [1.82, 2.24) is 5.32 Å². The van der Waals surface area contributed by atoms with E-state index in [9.17, 15) is 4.79 Å². The van der Waals surface area contributed by atoms with Crippen LogP contribution in [0.25, 0.3) is 0 Å². The SMILES string of the molecule is COCC(N)C(=O)NC1CCC2CCCC2C1. The van der Waals surface area contributed by atoms with Crippen molar-refractivity contribution in [2.75, 3.05) is 13.7 Å². The lowest BCUT2D eigenvalue weighted by Crippen LogP contribution is -2.49. The Morgan fingerprint density at radius 3 is 2.88 bits per heavy atom. The number of hydrogen-bond donors (Lipinski definition) is 2. The maximum absolute atomic E-state index is 11.8. The molecular formula is C13H24N2O2. The zero-order valence-corrected chi connectivity index (χ0v) is 10.7. The van der Waals surface area contributed by atoms with Crippen LogP contribution in [0.1, 0.15) is 38.5 Å². The fourth-order valence-corrected chi connectivity index (χ4v) is 3.40. The second kappa shape index (κ2) is 5.83. The fourth-order valence-electron chi connectivity index (χ4n) is 3.40. The molecule has 2 fully saturated rings. The summed E-state index contributed by atoms with van der Waals surface area (Å²) in [5.74, 6) is 1.71. The van der Waals surface area contributed by atoms with Crippen molar-refractivity contribution in [2.24, 2.45) is 17.6 Å². The van der Waals surface area contributed by atoms with Gasteiger partial charge in [-0.1, -0.05) is 19.3 Å². The molecule has 17 heavy (non-hydrogen) atoms. The molecule has 4 nitrogen and oxygen atoms in total. The van der Waals surface area contributed by atoms with Crippen LogP contribution < -0.4 is 11.1 Å². The number of nitrogens with one attached hydrogen (secondary N) is 1. The highest BCUT2D eigenvalue weighted by Gasteiger charge is 2.34. The largest absolute Gasteiger partial charge is 0.383 e. The standard InChI is InChI=1S/C13H24N2O2/c1-17-8-12(14)13(16)15-11-6-5-9-3-2-4-10(9)7-11/h9-12H,2-8,14H2,1H3,(H,15,16). The van der Waals surface area contributed by atoms with Crippen LogP contribution in [0.4, 0.5) is 0 Å². The summed E-state index contributed by atoms with van der Waals surface area (Å²) >= 11 is 0. The zero-order valence-electron chi connectivity index (χ0n) is 10.7.